The van der Waals surface area contributed by atoms with E-state index in [9.17, 15) is 14.5 Å². The number of hydrogen-bond donors (Lipinski definition) is 1. The van der Waals surface area contributed by atoms with E-state index in [4.69, 9.17) is 0 Å². The van der Waals surface area contributed by atoms with Crippen molar-refractivity contribution in [1.82, 2.24) is 0 Å². The highest BCUT2D eigenvalue weighted by Gasteiger charge is 2.51. The lowest BCUT2D eigenvalue weighted by Gasteiger charge is -2.30. The monoisotopic (exact) mass is 312 g/mol. The first kappa shape index (κ1) is 16.1. The molecule has 0 amide bonds. The molecule has 0 saturated carbocycles. The molecular weight excluding hydrogens is 295 g/mol. The van der Waals surface area contributed by atoms with Gasteiger partial charge in [-0.05, 0) is 13.8 Å². The Morgan fingerprint density at radius 2 is 1.41 bits per heavy atom. The van der Waals surface area contributed by atoms with Crippen LogP contribution in [0.4, 0.5) is 0 Å². The Hall–Kier alpha value is -2.30. The van der Waals surface area contributed by atoms with Crippen molar-refractivity contribution in [2.24, 2.45) is 0 Å². The molecule has 0 aliphatic heterocycles. The molecule has 0 radical (unpaired) electrons. The fraction of sp³-hybridized carbons (Fsp3) is 0.167. The summed E-state index contributed by atoms with van der Waals surface area (Å²) in [6.45, 7) is 2.99. The molecule has 2 aromatic rings. The van der Waals surface area contributed by atoms with E-state index in [1.165, 1.54) is 6.92 Å². The molecule has 0 aliphatic carbocycles. The minimum atomic E-state index is -3.49. The van der Waals surface area contributed by atoms with Crippen molar-refractivity contribution in [3.8, 4) is 11.8 Å². The number of carboxylic acids is 1. The third kappa shape index (κ3) is 2.47. The van der Waals surface area contributed by atoms with Gasteiger partial charge in [0.2, 0.25) is 0 Å². The number of rotatable bonds is 4. The van der Waals surface area contributed by atoms with Crippen molar-refractivity contribution in [3.63, 3.8) is 0 Å². The molecule has 4 heteroatoms. The summed E-state index contributed by atoms with van der Waals surface area (Å²) in [5.41, 5.74) is 0. The van der Waals surface area contributed by atoms with Gasteiger partial charge in [-0.1, -0.05) is 66.6 Å². The van der Waals surface area contributed by atoms with E-state index in [0.29, 0.717) is 10.6 Å². The van der Waals surface area contributed by atoms with E-state index in [2.05, 4.69) is 11.8 Å². The van der Waals surface area contributed by atoms with Crippen molar-refractivity contribution in [2.45, 2.75) is 19.0 Å². The molecule has 1 atom stereocenters. The van der Waals surface area contributed by atoms with Gasteiger partial charge in [0.15, 0.2) is 12.3 Å². The maximum atomic E-state index is 14.0. The highest BCUT2D eigenvalue weighted by molar-refractivity contribution is 7.81. The summed E-state index contributed by atoms with van der Waals surface area (Å²) in [5, 5.41) is 9.06. The van der Waals surface area contributed by atoms with E-state index in [1.807, 2.05) is 12.1 Å². The first-order valence-corrected chi connectivity index (χ1v) is 8.56. The lowest BCUT2D eigenvalue weighted by atomic mass is 10.2. The van der Waals surface area contributed by atoms with Crippen LogP contribution in [-0.4, -0.2) is 16.2 Å². The van der Waals surface area contributed by atoms with Crippen LogP contribution in [-0.2, 0) is 9.36 Å². The van der Waals surface area contributed by atoms with Crippen molar-refractivity contribution in [2.75, 3.05) is 0 Å². The summed E-state index contributed by atoms with van der Waals surface area (Å²) in [5.74, 6) is 4.13. The second-order valence-corrected chi connectivity index (χ2v) is 8.18. The van der Waals surface area contributed by atoms with E-state index in [-0.39, 0.29) is 0 Å². The van der Waals surface area contributed by atoms with Crippen LogP contribution in [0.2, 0.25) is 0 Å². The normalized spacial score (nSPS) is 13.5. The fourth-order valence-corrected chi connectivity index (χ4v) is 5.51. The number of aliphatic carboxylic acids is 1. The molecule has 112 valence electrons. The zero-order valence-electron chi connectivity index (χ0n) is 12.5. The van der Waals surface area contributed by atoms with Crippen molar-refractivity contribution >= 4 is 23.7 Å². The zero-order chi connectivity index (χ0) is 16.2. The van der Waals surface area contributed by atoms with E-state index in [1.54, 1.807) is 55.5 Å². The molecule has 0 spiro atoms. The number of benzene rings is 2. The molecule has 0 aliphatic rings. The lowest BCUT2D eigenvalue weighted by Crippen LogP contribution is -2.41. The Morgan fingerprint density at radius 1 is 1.00 bits per heavy atom. The molecule has 1 unspecified atom stereocenters. The van der Waals surface area contributed by atoms with Crippen molar-refractivity contribution in [3.05, 3.63) is 60.7 Å². The predicted molar refractivity (Wildman–Crippen MR) is 89.2 cm³/mol. The topological polar surface area (TPSA) is 54.4 Å². The van der Waals surface area contributed by atoms with Gasteiger partial charge < -0.3 is 9.67 Å². The molecule has 0 fully saturated rings. The van der Waals surface area contributed by atoms with Crippen molar-refractivity contribution in [1.29, 1.82) is 0 Å². The Labute approximate surface area is 130 Å². The van der Waals surface area contributed by atoms with Gasteiger partial charge in [-0.25, -0.2) is 0 Å². The molecule has 22 heavy (non-hydrogen) atoms. The summed E-state index contributed by atoms with van der Waals surface area (Å²) < 4.78 is 14.0. The van der Waals surface area contributed by atoms with Gasteiger partial charge in [0, 0.05) is 10.6 Å². The third-order valence-electron chi connectivity index (χ3n) is 3.65. The summed E-state index contributed by atoms with van der Waals surface area (Å²) in [6, 6.07) is 17.4. The first-order valence-electron chi connectivity index (χ1n) is 6.85. The second-order valence-electron chi connectivity index (χ2n) is 5.03. The Kier molecular flexibility index (Phi) is 4.54. The second kappa shape index (κ2) is 6.22. The van der Waals surface area contributed by atoms with Crippen LogP contribution >= 0.6 is 7.14 Å². The predicted octanol–water partition coefficient (Wildman–Crippen LogP) is 2.87. The van der Waals surface area contributed by atoms with Crippen LogP contribution < -0.4 is 10.6 Å². The van der Waals surface area contributed by atoms with Crippen LogP contribution in [0.1, 0.15) is 13.8 Å². The highest BCUT2D eigenvalue weighted by atomic mass is 31.2. The Bertz CT molecular complexity index is 729. The van der Waals surface area contributed by atoms with E-state index >= 15 is 0 Å². The summed E-state index contributed by atoms with van der Waals surface area (Å²) >= 11 is 0. The molecular formula is C18H17O3P. The molecule has 2 aromatic carbocycles. The average molecular weight is 312 g/mol. The highest BCUT2D eigenvalue weighted by Crippen LogP contribution is 2.55. The van der Waals surface area contributed by atoms with Gasteiger partial charge in [0.05, 0.1) is 0 Å². The maximum Gasteiger partial charge on any atom is 0.329 e. The fourth-order valence-electron chi connectivity index (χ4n) is 2.45. The summed E-state index contributed by atoms with van der Waals surface area (Å²) in [7, 11) is -3.49. The smallest absolute Gasteiger partial charge is 0.329 e. The van der Waals surface area contributed by atoms with Gasteiger partial charge in [-0.2, -0.15) is 0 Å². The largest absolute Gasteiger partial charge is 0.480 e. The zero-order valence-corrected chi connectivity index (χ0v) is 13.4. The van der Waals surface area contributed by atoms with Crippen LogP contribution in [0.3, 0.4) is 0 Å². The maximum absolute atomic E-state index is 14.0. The van der Waals surface area contributed by atoms with E-state index < -0.39 is 18.3 Å². The quantitative estimate of drug-likeness (QED) is 0.697. The van der Waals surface area contributed by atoms with Crippen LogP contribution in [0.5, 0.6) is 0 Å². The molecule has 0 aromatic heterocycles. The Balaban J connectivity index is 2.85. The van der Waals surface area contributed by atoms with Gasteiger partial charge >= 0.3 is 5.97 Å². The van der Waals surface area contributed by atoms with Crippen LogP contribution in [0, 0.1) is 11.8 Å². The average Bonchev–Trinajstić information content (AvgIpc) is 2.55. The molecule has 1 N–H and O–H groups in total. The van der Waals surface area contributed by atoms with Gasteiger partial charge in [0.1, 0.15) is 0 Å². The third-order valence-corrected chi connectivity index (χ3v) is 7.27. The minimum Gasteiger partial charge on any atom is -0.480 e. The standard InChI is InChI=1S/C18H17O3P/c1-3-14-18(2,17(19)20)22(21,15-10-6-4-7-11-15)16-12-8-5-9-13-16/h4-13H,1-2H3,(H,19,20). The molecule has 3 nitrogen and oxygen atoms in total. The van der Waals surface area contributed by atoms with E-state index in [0.717, 1.165) is 0 Å². The van der Waals surface area contributed by atoms with Gasteiger partial charge in [0.25, 0.3) is 0 Å². The number of carboxylic acid groups (broad SMARTS) is 1. The first-order chi connectivity index (χ1) is 10.5. The van der Waals surface area contributed by atoms with Gasteiger partial charge in [-0.3, -0.25) is 4.79 Å². The lowest BCUT2D eigenvalue weighted by molar-refractivity contribution is -0.138. The number of hydrogen-bond acceptors (Lipinski definition) is 2. The SMILES string of the molecule is CC#CC(C)(C(=O)O)P(=O)(c1ccccc1)c1ccccc1. The van der Waals surface area contributed by atoms with Crippen molar-refractivity contribution < 1.29 is 14.5 Å². The Morgan fingerprint density at radius 3 is 1.73 bits per heavy atom. The molecule has 0 heterocycles. The minimum absolute atomic E-state index is 0.494. The molecule has 0 saturated heterocycles. The molecule has 0 bridgehead atoms. The molecule has 2 rings (SSSR count). The summed E-state index contributed by atoms with van der Waals surface area (Å²) in [6.07, 6.45) is 0. The van der Waals surface area contributed by atoms with Gasteiger partial charge in [-0.15, -0.1) is 5.92 Å². The van der Waals surface area contributed by atoms with Crippen LogP contribution in [0.25, 0.3) is 0 Å². The van der Waals surface area contributed by atoms with Crippen LogP contribution in [0.15, 0.2) is 60.7 Å². The summed E-state index contributed by atoms with van der Waals surface area (Å²) in [4.78, 5) is 11.9. The number of carbonyl (C=O) groups is 1.